The molecule has 0 atom stereocenters. The molecule has 3 aromatic carbocycles. The molecular weight excluding hydrogens is 525 g/mol. The van der Waals surface area contributed by atoms with E-state index in [-0.39, 0.29) is 12.3 Å². The molecule has 6 nitrogen and oxygen atoms in total. The highest BCUT2D eigenvalue weighted by molar-refractivity contribution is 7.25. The zero-order valence-electron chi connectivity index (χ0n) is 21.4. The summed E-state index contributed by atoms with van der Waals surface area (Å²) in [6.07, 6.45) is 3.20. The maximum absolute atomic E-state index is 11.2. The van der Waals surface area contributed by atoms with Gasteiger partial charge in [-0.2, -0.15) is 0 Å². The van der Waals surface area contributed by atoms with Gasteiger partial charge in [-0.15, -0.1) is 22.7 Å². The Balaban J connectivity index is 1.33. The van der Waals surface area contributed by atoms with Crippen LogP contribution in [0.25, 0.3) is 42.2 Å². The fourth-order valence-electron chi connectivity index (χ4n) is 5.35. The minimum absolute atomic E-state index is 0.224. The Labute approximate surface area is 235 Å². The Bertz CT molecular complexity index is 1630. The van der Waals surface area contributed by atoms with Gasteiger partial charge in [-0.05, 0) is 36.5 Å². The number of rotatable bonds is 7. The Morgan fingerprint density at radius 2 is 1.56 bits per heavy atom. The van der Waals surface area contributed by atoms with Gasteiger partial charge in [-0.25, -0.2) is 9.97 Å². The molecule has 0 saturated heterocycles. The molecule has 2 heterocycles. The number of carbonyl (C=O) groups excluding carboxylic acids is 1. The minimum atomic E-state index is -0.698. The lowest BCUT2D eigenvalue weighted by atomic mass is 9.63. The lowest BCUT2D eigenvalue weighted by Gasteiger charge is -2.49. The number of primary amides is 1. The summed E-state index contributed by atoms with van der Waals surface area (Å²) in [6, 6.07) is 26.3. The number of aromatic nitrogens is 2. The monoisotopic (exact) mass is 552 g/mol. The molecule has 6 rings (SSSR count). The molecule has 0 radical (unpaired) electrons. The highest BCUT2D eigenvalue weighted by atomic mass is 32.1. The largest absolute Gasteiger partial charge is 0.390 e. The topological polar surface area (TPSA) is 115 Å². The van der Waals surface area contributed by atoms with Gasteiger partial charge >= 0.3 is 0 Å². The molecule has 39 heavy (non-hydrogen) atoms. The van der Waals surface area contributed by atoms with Gasteiger partial charge in [0.2, 0.25) is 5.91 Å². The molecule has 5 N–H and O–H groups in total. The second-order valence-corrected chi connectivity index (χ2v) is 12.5. The summed E-state index contributed by atoms with van der Waals surface area (Å²) in [4.78, 5) is 23.1. The molecular formula is C31H28N4O2S2. The molecule has 1 saturated carbocycles. The molecule has 196 valence electrons. The Morgan fingerprint density at radius 1 is 0.897 bits per heavy atom. The van der Waals surface area contributed by atoms with E-state index in [0.29, 0.717) is 12.8 Å². The molecule has 1 amide bonds. The number of nitrogens with two attached hydrogens (primary N) is 2. The summed E-state index contributed by atoms with van der Waals surface area (Å²) in [5, 5.41) is 12.0. The number of benzene rings is 3. The summed E-state index contributed by atoms with van der Waals surface area (Å²) in [6.45, 7) is 1.83. The van der Waals surface area contributed by atoms with Crippen molar-refractivity contribution in [2.45, 2.75) is 37.3 Å². The van der Waals surface area contributed by atoms with E-state index in [4.69, 9.17) is 16.5 Å². The van der Waals surface area contributed by atoms with Crippen molar-refractivity contribution >= 4 is 28.6 Å². The summed E-state index contributed by atoms with van der Waals surface area (Å²) < 4.78 is 0. The molecule has 8 heteroatoms. The third-order valence-electron chi connectivity index (χ3n) is 7.08. The average molecular weight is 553 g/mol. The number of amides is 1. The van der Waals surface area contributed by atoms with E-state index in [2.05, 4.69) is 41.4 Å². The van der Waals surface area contributed by atoms with Crippen LogP contribution in [0.2, 0.25) is 0 Å². The first-order valence-corrected chi connectivity index (χ1v) is 14.3. The van der Waals surface area contributed by atoms with Crippen molar-refractivity contribution in [2.24, 2.45) is 11.5 Å². The molecule has 0 bridgehead atoms. The quantitative estimate of drug-likeness (QED) is 0.229. The highest BCUT2D eigenvalue weighted by Gasteiger charge is 2.49. The molecule has 1 aliphatic carbocycles. The van der Waals surface area contributed by atoms with E-state index < -0.39 is 11.1 Å². The zero-order valence-corrected chi connectivity index (χ0v) is 23.1. The summed E-state index contributed by atoms with van der Waals surface area (Å²) >= 11 is 3.25. The Morgan fingerprint density at radius 3 is 2.21 bits per heavy atom. The Hall–Kier alpha value is -3.69. The first kappa shape index (κ1) is 25.6. The van der Waals surface area contributed by atoms with Crippen molar-refractivity contribution in [1.82, 2.24) is 9.97 Å². The summed E-state index contributed by atoms with van der Waals surface area (Å²) in [5.41, 5.74) is 16.6. The van der Waals surface area contributed by atoms with Gasteiger partial charge in [0.1, 0.15) is 10.0 Å². The maximum Gasteiger partial charge on any atom is 0.221 e. The smallest absolute Gasteiger partial charge is 0.221 e. The van der Waals surface area contributed by atoms with Crippen molar-refractivity contribution in [1.29, 1.82) is 0 Å². The maximum atomic E-state index is 11.2. The number of thiazole rings is 2. The summed E-state index contributed by atoms with van der Waals surface area (Å²) in [5.74, 6) is -0.346. The second-order valence-electron chi connectivity index (χ2n) is 10.5. The van der Waals surface area contributed by atoms with Crippen LogP contribution in [0, 0.1) is 0 Å². The van der Waals surface area contributed by atoms with Crippen LogP contribution in [-0.2, 0) is 16.8 Å². The van der Waals surface area contributed by atoms with Gasteiger partial charge in [-0.1, -0.05) is 78.9 Å². The fourth-order valence-corrected chi connectivity index (χ4v) is 7.40. The lowest BCUT2D eigenvalue weighted by Crippen LogP contribution is -2.58. The average Bonchev–Trinajstić information content (AvgIpc) is 3.56. The predicted molar refractivity (Wildman–Crippen MR) is 158 cm³/mol. The van der Waals surface area contributed by atoms with E-state index in [9.17, 15) is 9.90 Å². The van der Waals surface area contributed by atoms with Crippen LogP contribution < -0.4 is 11.5 Å². The van der Waals surface area contributed by atoms with Gasteiger partial charge in [0.15, 0.2) is 0 Å². The van der Waals surface area contributed by atoms with Crippen molar-refractivity contribution < 1.29 is 9.90 Å². The van der Waals surface area contributed by atoms with E-state index in [1.54, 1.807) is 22.7 Å². The van der Waals surface area contributed by atoms with E-state index in [1.807, 2.05) is 55.6 Å². The number of hydrogen-bond donors (Lipinski definition) is 3. The van der Waals surface area contributed by atoms with Crippen molar-refractivity contribution in [3.8, 4) is 42.2 Å². The normalized spacial score (nSPS) is 20.5. The molecule has 1 fully saturated rings. The standard InChI is InChI=1S/C31H28N4O2S2/c1-30(37)17-31(33,18-30)23-13-11-20(12-14-23)26-27(21-5-3-2-4-6-21)39-29(35-26)24-16-34-28(38-24)22-9-7-19(8-10-22)15-25(32)36/h2-14,16,37H,15,17-18,33H2,1H3,(H2,32,36)/t30-,31-. The van der Waals surface area contributed by atoms with Crippen molar-refractivity contribution in [2.75, 3.05) is 0 Å². The lowest BCUT2D eigenvalue weighted by molar-refractivity contribution is -0.117. The third-order valence-corrected chi connectivity index (χ3v) is 9.40. The van der Waals surface area contributed by atoms with E-state index >= 15 is 0 Å². The van der Waals surface area contributed by atoms with Crippen LogP contribution in [0.15, 0.2) is 85.1 Å². The molecule has 0 unspecified atom stereocenters. The van der Waals surface area contributed by atoms with Crippen LogP contribution in [0.1, 0.15) is 30.9 Å². The number of aliphatic hydroxyl groups is 1. The molecule has 1 aliphatic rings. The van der Waals surface area contributed by atoms with E-state index in [1.165, 1.54) is 0 Å². The number of nitrogens with zero attached hydrogens (tertiary/aromatic N) is 2. The van der Waals surface area contributed by atoms with Gasteiger partial charge < -0.3 is 16.6 Å². The van der Waals surface area contributed by atoms with E-state index in [0.717, 1.165) is 53.3 Å². The second kappa shape index (κ2) is 9.81. The van der Waals surface area contributed by atoms with Crippen LogP contribution in [0.5, 0.6) is 0 Å². The molecule has 2 aromatic heterocycles. The molecule has 0 spiro atoms. The minimum Gasteiger partial charge on any atom is -0.390 e. The first-order valence-electron chi connectivity index (χ1n) is 12.7. The summed E-state index contributed by atoms with van der Waals surface area (Å²) in [7, 11) is 0. The predicted octanol–water partition coefficient (Wildman–Crippen LogP) is 5.99. The van der Waals surface area contributed by atoms with Crippen LogP contribution in [-0.4, -0.2) is 26.6 Å². The molecule has 0 aliphatic heterocycles. The highest BCUT2D eigenvalue weighted by Crippen LogP contribution is 2.47. The van der Waals surface area contributed by atoms with Gasteiger partial charge in [-0.3, -0.25) is 4.79 Å². The van der Waals surface area contributed by atoms with Crippen LogP contribution in [0.3, 0.4) is 0 Å². The SMILES string of the molecule is C[C@]1(O)C[C@@](N)(c2ccc(-c3nc(-c4cnc(-c5ccc(CC(N)=O)cc5)s4)sc3-c3ccccc3)cc2)C1. The first-order chi connectivity index (χ1) is 18.7. The fraction of sp³-hybridized carbons (Fsp3) is 0.194. The van der Waals surface area contributed by atoms with Crippen LogP contribution >= 0.6 is 22.7 Å². The van der Waals surface area contributed by atoms with Crippen molar-refractivity contribution in [3.63, 3.8) is 0 Å². The van der Waals surface area contributed by atoms with Gasteiger partial charge in [0.05, 0.1) is 27.5 Å². The van der Waals surface area contributed by atoms with Gasteiger partial charge in [0.25, 0.3) is 0 Å². The van der Waals surface area contributed by atoms with Crippen LogP contribution in [0.4, 0.5) is 0 Å². The molecule has 5 aromatic rings. The number of hydrogen-bond acceptors (Lipinski definition) is 7. The van der Waals surface area contributed by atoms with Gasteiger partial charge in [0, 0.05) is 22.9 Å². The zero-order chi connectivity index (χ0) is 27.2. The van der Waals surface area contributed by atoms with Crippen molar-refractivity contribution in [3.05, 3.63) is 96.2 Å². The Kier molecular flexibility index (Phi) is 6.43. The number of carbonyl (C=O) groups is 1. The third kappa shape index (κ3) is 5.16.